The molecule has 0 spiro atoms. The largest absolute Gasteiger partial charge is 0.384 e. The lowest BCUT2D eigenvalue weighted by atomic mass is 9.95. The van der Waals surface area contributed by atoms with E-state index < -0.39 is 0 Å². The smallest absolute Gasteiger partial charge is 0.255 e. The summed E-state index contributed by atoms with van der Waals surface area (Å²) in [4.78, 5) is 18.1. The number of hydrogen-bond donors (Lipinski definition) is 1. The van der Waals surface area contributed by atoms with E-state index in [1.54, 1.807) is 6.07 Å². The van der Waals surface area contributed by atoms with Crippen LogP contribution in [0.4, 0.5) is 5.82 Å². The number of likely N-dealkylation sites (tertiary alicyclic amines) is 1. The van der Waals surface area contributed by atoms with Crippen LogP contribution < -0.4 is 5.73 Å². The second-order valence-corrected chi connectivity index (χ2v) is 5.16. The van der Waals surface area contributed by atoms with E-state index in [1.807, 2.05) is 4.90 Å². The zero-order valence-electron chi connectivity index (χ0n) is 10.5. The van der Waals surface area contributed by atoms with Crippen LogP contribution in [0.2, 0.25) is 5.02 Å². The first kappa shape index (κ1) is 13.1. The van der Waals surface area contributed by atoms with Gasteiger partial charge in [-0.05, 0) is 24.8 Å². The summed E-state index contributed by atoms with van der Waals surface area (Å²) >= 11 is 6.02. The molecule has 1 atom stereocenters. The molecule has 1 amide bonds. The number of rotatable bonds is 2. The van der Waals surface area contributed by atoms with Gasteiger partial charge in [-0.3, -0.25) is 4.79 Å². The Balaban J connectivity index is 2.17. The van der Waals surface area contributed by atoms with Gasteiger partial charge in [-0.15, -0.1) is 0 Å². The highest BCUT2D eigenvalue weighted by Crippen LogP contribution is 2.24. The summed E-state index contributed by atoms with van der Waals surface area (Å²) < 4.78 is 0. The average Bonchev–Trinajstić information content (AvgIpc) is 2.41. The van der Waals surface area contributed by atoms with E-state index in [2.05, 4.69) is 11.9 Å². The number of nitrogen functional groups attached to an aromatic ring is 1. The van der Waals surface area contributed by atoms with E-state index in [1.165, 1.54) is 12.6 Å². The molecule has 2 heterocycles. The van der Waals surface area contributed by atoms with Crippen LogP contribution in [0.25, 0.3) is 0 Å². The Kier molecular flexibility index (Phi) is 4.07. The predicted molar refractivity (Wildman–Crippen MR) is 72.6 cm³/mol. The minimum absolute atomic E-state index is 0.0350. The monoisotopic (exact) mass is 267 g/mol. The van der Waals surface area contributed by atoms with Crippen molar-refractivity contribution in [2.75, 3.05) is 18.8 Å². The number of nitrogens with two attached hydrogens (primary N) is 1. The van der Waals surface area contributed by atoms with Gasteiger partial charge >= 0.3 is 0 Å². The van der Waals surface area contributed by atoms with Crippen molar-refractivity contribution in [1.29, 1.82) is 0 Å². The number of carbonyl (C=O) groups excluding carboxylic acids is 1. The molecule has 1 unspecified atom stereocenters. The van der Waals surface area contributed by atoms with Crippen LogP contribution in [0, 0.1) is 5.92 Å². The zero-order valence-corrected chi connectivity index (χ0v) is 11.3. The van der Waals surface area contributed by atoms with Gasteiger partial charge in [0.15, 0.2) is 0 Å². The normalized spacial score (nSPS) is 19.9. The lowest BCUT2D eigenvalue weighted by Crippen LogP contribution is -2.39. The second kappa shape index (κ2) is 5.57. The van der Waals surface area contributed by atoms with Gasteiger partial charge in [-0.1, -0.05) is 24.9 Å². The molecule has 5 heteroatoms. The summed E-state index contributed by atoms with van der Waals surface area (Å²) in [5.74, 6) is 0.889. The van der Waals surface area contributed by atoms with Crippen LogP contribution in [-0.2, 0) is 0 Å². The molecule has 1 fully saturated rings. The van der Waals surface area contributed by atoms with Crippen molar-refractivity contribution in [3.8, 4) is 0 Å². The van der Waals surface area contributed by atoms with E-state index in [9.17, 15) is 4.79 Å². The number of amides is 1. The van der Waals surface area contributed by atoms with Gasteiger partial charge in [0.05, 0.1) is 10.6 Å². The highest BCUT2D eigenvalue weighted by atomic mass is 35.5. The summed E-state index contributed by atoms with van der Waals surface area (Å²) in [7, 11) is 0. The Hall–Kier alpha value is -1.29. The topological polar surface area (TPSA) is 59.2 Å². The molecule has 1 saturated heterocycles. The Morgan fingerprint density at radius 1 is 1.67 bits per heavy atom. The van der Waals surface area contributed by atoms with Crippen LogP contribution in [0.3, 0.4) is 0 Å². The molecular weight excluding hydrogens is 250 g/mol. The van der Waals surface area contributed by atoms with E-state index in [-0.39, 0.29) is 5.91 Å². The first-order valence-corrected chi connectivity index (χ1v) is 6.70. The molecular formula is C13H18ClN3O. The molecule has 1 aromatic rings. The molecule has 0 radical (unpaired) electrons. The van der Waals surface area contributed by atoms with Gasteiger partial charge in [0.1, 0.15) is 5.82 Å². The van der Waals surface area contributed by atoms with Crippen LogP contribution >= 0.6 is 11.6 Å². The van der Waals surface area contributed by atoms with Crippen molar-refractivity contribution < 1.29 is 4.79 Å². The fourth-order valence-electron chi connectivity index (χ4n) is 2.37. The molecule has 1 aliphatic rings. The molecule has 4 nitrogen and oxygen atoms in total. The van der Waals surface area contributed by atoms with E-state index >= 15 is 0 Å². The third-order valence-corrected chi connectivity index (χ3v) is 3.79. The van der Waals surface area contributed by atoms with E-state index in [0.717, 1.165) is 25.9 Å². The predicted octanol–water partition coefficient (Wildman–Crippen LogP) is 2.58. The first-order valence-electron chi connectivity index (χ1n) is 6.32. The average molecular weight is 268 g/mol. The number of halogens is 1. The van der Waals surface area contributed by atoms with E-state index in [0.29, 0.717) is 22.3 Å². The maximum Gasteiger partial charge on any atom is 0.255 e. The number of aromatic nitrogens is 1. The fraction of sp³-hybridized carbons (Fsp3) is 0.538. The second-order valence-electron chi connectivity index (χ2n) is 4.76. The summed E-state index contributed by atoms with van der Waals surface area (Å²) in [6, 6.07) is 1.56. The number of nitrogens with zero attached hydrogens (tertiary/aromatic N) is 2. The highest BCUT2D eigenvalue weighted by Gasteiger charge is 2.25. The number of anilines is 1. The van der Waals surface area contributed by atoms with Gasteiger partial charge in [0, 0.05) is 19.3 Å². The number of piperidine rings is 1. The summed E-state index contributed by atoms with van der Waals surface area (Å²) in [5.41, 5.74) is 6.07. The van der Waals surface area contributed by atoms with Crippen LogP contribution in [0.5, 0.6) is 0 Å². The number of carbonyl (C=O) groups is 1. The molecule has 2 N–H and O–H groups in total. The molecule has 1 aliphatic heterocycles. The third-order valence-electron chi connectivity index (χ3n) is 3.49. The maximum atomic E-state index is 12.4. The molecule has 0 bridgehead atoms. The first-order chi connectivity index (χ1) is 8.61. The Morgan fingerprint density at radius 2 is 2.44 bits per heavy atom. The molecule has 0 saturated carbocycles. The number of hydrogen-bond acceptors (Lipinski definition) is 3. The van der Waals surface area contributed by atoms with Crippen molar-refractivity contribution in [3.05, 3.63) is 22.8 Å². The van der Waals surface area contributed by atoms with Crippen molar-refractivity contribution in [2.24, 2.45) is 5.92 Å². The molecule has 0 aliphatic carbocycles. The van der Waals surface area contributed by atoms with Crippen molar-refractivity contribution >= 4 is 23.3 Å². The van der Waals surface area contributed by atoms with Gasteiger partial charge in [-0.25, -0.2) is 4.98 Å². The summed E-state index contributed by atoms with van der Waals surface area (Å²) in [6.07, 6.45) is 4.80. The van der Waals surface area contributed by atoms with Gasteiger partial charge in [0.2, 0.25) is 0 Å². The minimum atomic E-state index is -0.0350. The third kappa shape index (κ3) is 2.75. The van der Waals surface area contributed by atoms with E-state index in [4.69, 9.17) is 17.3 Å². The molecule has 1 aromatic heterocycles. The standard InChI is InChI=1S/C13H18ClN3O/c1-2-9-4-3-5-17(8-9)13(18)10-6-12(15)16-7-11(10)14/h6-7,9H,2-5,8H2,1H3,(H2,15,16). The van der Waals surface area contributed by atoms with Gasteiger partial charge in [0.25, 0.3) is 5.91 Å². The lowest BCUT2D eigenvalue weighted by molar-refractivity contribution is 0.0671. The van der Waals surface area contributed by atoms with Crippen molar-refractivity contribution in [3.63, 3.8) is 0 Å². The van der Waals surface area contributed by atoms with Crippen molar-refractivity contribution in [2.45, 2.75) is 26.2 Å². The SMILES string of the molecule is CCC1CCCN(C(=O)c2cc(N)ncc2Cl)C1. The molecule has 0 aromatic carbocycles. The zero-order chi connectivity index (χ0) is 13.1. The molecule has 18 heavy (non-hydrogen) atoms. The van der Waals surface area contributed by atoms with Crippen LogP contribution in [-0.4, -0.2) is 28.9 Å². The Bertz CT molecular complexity index is 450. The minimum Gasteiger partial charge on any atom is -0.384 e. The van der Waals surface area contributed by atoms with Crippen LogP contribution in [0.1, 0.15) is 36.5 Å². The quantitative estimate of drug-likeness (QED) is 0.896. The van der Waals surface area contributed by atoms with Gasteiger partial charge in [-0.2, -0.15) is 0 Å². The van der Waals surface area contributed by atoms with Crippen molar-refractivity contribution in [1.82, 2.24) is 9.88 Å². The molecule has 98 valence electrons. The fourth-order valence-corrected chi connectivity index (χ4v) is 2.56. The lowest BCUT2D eigenvalue weighted by Gasteiger charge is -2.32. The molecule has 2 rings (SSSR count). The van der Waals surface area contributed by atoms with Gasteiger partial charge < -0.3 is 10.6 Å². The Labute approximate surface area is 112 Å². The maximum absolute atomic E-state index is 12.4. The highest BCUT2D eigenvalue weighted by molar-refractivity contribution is 6.33. The summed E-state index contributed by atoms with van der Waals surface area (Å²) in [5, 5.41) is 0.368. The Morgan fingerprint density at radius 3 is 3.17 bits per heavy atom. The summed E-state index contributed by atoms with van der Waals surface area (Å²) in [6.45, 7) is 3.78. The van der Waals surface area contributed by atoms with Crippen LogP contribution in [0.15, 0.2) is 12.3 Å². The number of pyridine rings is 1.